The lowest BCUT2D eigenvalue weighted by atomic mass is 9.97. The molecule has 0 aliphatic carbocycles. The Morgan fingerprint density at radius 1 is 1.09 bits per heavy atom. The summed E-state index contributed by atoms with van der Waals surface area (Å²) in [6.07, 6.45) is 0.838. The Hall–Kier alpha value is -2.62. The predicted octanol–water partition coefficient (Wildman–Crippen LogP) is 3.24. The van der Waals surface area contributed by atoms with Crippen molar-refractivity contribution in [2.24, 2.45) is 11.7 Å². The third-order valence-electron chi connectivity index (χ3n) is 3.30. The van der Waals surface area contributed by atoms with E-state index in [9.17, 15) is 9.59 Å². The third-order valence-corrected chi connectivity index (χ3v) is 3.30. The van der Waals surface area contributed by atoms with Crippen LogP contribution in [0.2, 0.25) is 0 Å². The maximum absolute atomic E-state index is 12.5. The number of amides is 2. The van der Waals surface area contributed by atoms with Gasteiger partial charge in [0.05, 0.1) is 0 Å². The Labute approximate surface area is 130 Å². The monoisotopic (exact) mass is 296 g/mol. The number of carbonyl (C=O) groups is 2. The van der Waals surface area contributed by atoms with Crippen molar-refractivity contribution in [3.63, 3.8) is 0 Å². The molecule has 4 nitrogen and oxygen atoms in total. The summed E-state index contributed by atoms with van der Waals surface area (Å²) in [4.78, 5) is 23.7. The van der Waals surface area contributed by atoms with Gasteiger partial charge in [-0.3, -0.25) is 9.59 Å². The molecule has 3 N–H and O–H groups in total. The Bertz CT molecular complexity index is 693. The van der Waals surface area contributed by atoms with E-state index in [1.807, 2.05) is 24.3 Å². The first kappa shape index (κ1) is 15.8. The lowest BCUT2D eigenvalue weighted by Gasteiger charge is -2.12. The zero-order valence-corrected chi connectivity index (χ0v) is 12.8. The Balaban J connectivity index is 2.22. The van der Waals surface area contributed by atoms with E-state index in [0.29, 0.717) is 22.7 Å². The number of rotatable bonds is 5. The lowest BCUT2D eigenvalue weighted by molar-refractivity contribution is 0.0996. The molecule has 0 fully saturated rings. The van der Waals surface area contributed by atoms with E-state index < -0.39 is 5.91 Å². The van der Waals surface area contributed by atoms with Crippen molar-refractivity contribution in [1.82, 2.24) is 0 Å². The minimum absolute atomic E-state index is 0.183. The smallest absolute Gasteiger partial charge is 0.255 e. The van der Waals surface area contributed by atoms with E-state index in [0.717, 1.165) is 12.0 Å². The number of carbonyl (C=O) groups excluding carboxylic acids is 2. The molecule has 0 atom stereocenters. The second-order valence-electron chi connectivity index (χ2n) is 5.65. The summed E-state index contributed by atoms with van der Waals surface area (Å²) in [5.41, 5.74) is 7.85. The van der Waals surface area contributed by atoms with Crippen molar-refractivity contribution in [2.75, 3.05) is 5.32 Å². The van der Waals surface area contributed by atoms with E-state index >= 15 is 0 Å². The van der Waals surface area contributed by atoms with Crippen LogP contribution in [0.4, 0.5) is 5.69 Å². The highest BCUT2D eigenvalue weighted by atomic mass is 16.2. The molecule has 0 aliphatic rings. The van der Waals surface area contributed by atoms with Crippen LogP contribution in [-0.2, 0) is 6.42 Å². The predicted molar refractivity (Wildman–Crippen MR) is 87.9 cm³/mol. The molecule has 114 valence electrons. The highest BCUT2D eigenvalue weighted by Gasteiger charge is 2.12. The molecular weight excluding hydrogens is 276 g/mol. The average Bonchev–Trinajstić information content (AvgIpc) is 2.47. The molecule has 2 aromatic carbocycles. The molecule has 0 aromatic heterocycles. The second kappa shape index (κ2) is 6.89. The summed E-state index contributed by atoms with van der Waals surface area (Å²) in [6.45, 7) is 4.23. The molecule has 0 bridgehead atoms. The SMILES string of the molecule is CC(C)Cc1ccccc1C(=O)Nc1cccc(C(N)=O)c1. The van der Waals surface area contributed by atoms with Gasteiger partial charge in [-0.05, 0) is 42.2 Å². The fraction of sp³-hybridized carbons (Fsp3) is 0.222. The van der Waals surface area contributed by atoms with Crippen LogP contribution in [0.25, 0.3) is 0 Å². The van der Waals surface area contributed by atoms with Crippen molar-refractivity contribution in [2.45, 2.75) is 20.3 Å². The van der Waals surface area contributed by atoms with Crippen LogP contribution in [-0.4, -0.2) is 11.8 Å². The van der Waals surface area contributed by atoms with Gasteiger partial charge in [0, 0.05) is 16.8 Å². The quantitative estimate of drug-likeness (QED) is 0.889. The molecule has 0 radical (unpaired) electrons. The fourth-order valence-corrected chi connectivity index (χ4v) is 2.31. The summed E-state index contributed by atoms with van der Waals surface area (Å²) < 4.78 is 0. The van der Waals surface area contributed by atoms with Crippen LogP contribution in [0, 0.1) is 5.92 Å². The zero-order chi connectivity index (χ0) is 16.1. The Kier molecular flexibility index (Phi) is 4.94. The summed E-state index contributed by atoms with van der Waals surface area (Å²) in [5.74, 6) is -0.235. The van der Waals surface area contributed by atoms with Gasteiger partial charge >= 0.3 is 0 Å². The topological polar surface area (TPSA) is 72.2 Å². The van der Waals surface area contributed by atoms with Crippen molar-refractivity contribution in [3.05, 3.63) is 65.2 Å². The first-order valence-corrected chi connectivity index (χ1v) is 7.26. The normalized spacial score (nSPS) is 10.5. The molecule has 0 saturated carbocycles. The summed E-state index contributed by atoms with van der Waals surface area (Å²) in [7, 11) is 0. The number of primary amides is 1. The highest BCUT2D eigenvalue weighted by Crippen LogP contribution is 2.17. The van der Waals surface area contributed by atoms with Crippen molar-refractivity contribution in [3.8, 4) is 0 Å². The highest BCUT2D eigenvalue weighted by molar-refractivity contribution is 6.06. The van der Waals surface area contributed by atoms with Crippen LogP contribution in [0.5, 0.6) is 0 Å². The van der Waals surface area contributed by atoms with Crippen LogP contribution in [0.3, 0.4) is 0 Å². The van der Waals surface area contributed by atoms with Gasteiger partial charge in [0.15, 0.2) is 0 Å². The Morgan fingerprint density at radius 2 is 1.82 bits per heavy atom. The maximum Gasteiger partial charge on any atom is 0.255 e. The molecule has 2 aromatic rings. The molecule has 0 saturated heterocycles. The van der Waals surface area contributed by atoms with Crippen molar-refractivity contribution < 1.29 is 9.59 Å². The van der Waals surface area contributed by atoms with Gasteiger partial charge in [-0.2, -0.15) is 0 Å². The fourth-order valence-electron chi connectivity index (χ4n) is 2.31. The molecule has 0 heterocycles. The number of hydrogen-bond acceptors (Lipinski definition) is 2. The van der Waals surface area contributed by atoms with Crippen molar-refractivity contribution >= 4 is 17.5 Å². The largest absolute Gasteiger partial charge is 0.366 e. The number of nitrogens with two attached hydrogens (primary N) is 1. The average molecular weight is 296 g/mol. The molecule has 4 heteroatoms. The zero-order valence-electron chi connectivity index (χ0n) is 12.8. The third kappa shape index (κ3) is 3.95. The number of benzene rings is 2. The first-order chi connectivity index (χ1) is 10.5. The van der Waals surface area contributed by atoms with Crippen LogP contribution < -0.4 is 11.1 Å². The Morgan fingerprint density at radius 3 is 2.50 bits per heavy atom. The molecular formula is C18H20N2O2. The van der Waals surface area contributed by atoms with Gasteiger partial charge in [0.25, 0.3) is 5.91 Å². The molecule has 2 rings (SSSR count). The lowest BCUT2D eigenvalue weighted by Crippen LogP contribution is -2.16. The van der Waals surface area contributed by atoms with Crippen LogP contribution >= 0.6 is 0 Å². The molecule has 0 unspecified atom stereocenters. The van der Waals surface area contributed by atoms with E-state index in [1.54, 1.807) is 24.3 Å². The van der Waals surface area contributed by atoms with Gasteiger partial charge in [0.1, 0.15) is 0 Å². The van der Waals surface area contributed by atoms with Crippen molar-refractivity contribution in [1.29, 1.82) is 0 Å². The van der Waals surface area contributed by atoms with Gasteiger partial charge < -0.3 is 11.1 Å². The van der Waals surface area contributed by atoms with E-state index in [-0.39, 0.29) is 5.91 Å². The minimum Gasteiger partial charge on any atom is -0.366 e. The molecule has 22 heavy (non-hydrogen) atoms. The standard InChI is InChI=1S/C18H20N2O2/c1-12(2)10-13-6-3-4-9-16(13)18(22)20-15-8-5-7-14(11-15)17(19)21/h3-9,11-12H,10H2,1-2H3,(H2,19,21)(H,20,22). The molecule has 0 aliphatic heterocycles. The van der Waals surface area contributed by atoms with Gasteiger partial charge in [-0.1, -0.05) is 38.1 Å². The summed E-state index contributed by atoms with van der Waals surface area (Å²) in [5, 5.41) is 2.82. The van der Waals surface area contributed by atoms with E-state index in [4.69, 9.17) is 5.73 Å². The number of anilines is 1. The van der Waals surface area contributed by atoms with Gasteiger partial charge in [-0.15, -0.1) is 0 Å². The first-order valence-electron chi connectivity index (χ1n) is 7.26. The number of hydrogen-bond donors (Lipinski definition) is 2. The summed E-state index contributed by atoms with van der Waals surface area (Å²) >= 11 is 0. The van der Waals surface area contributed by atoms with Crippen LogP contribution in [0.15, 0.2) is 48.5 Å². The van der Waals surface area contributed by atoms with E-state index in [2.05, 4.69) is 19.2 Å². The van der Waals surface area contributed by atoms with Gasteiger partial charge in [0.2, 0.25) is 5.91 Å². The molecule has 2 amide bonds. The van der Waals surface area contributed by atoms with Crippen LogP contribution in [0.1, 0.15) is 40.1 Å². The maximum atomic E-state index is 12.5. The van der Waals surface area contributed by atoms with E-state index in [1.165, 1.54) is 0 Å². The second-order valence-corrected chi connectivity index (χ2v) is 5.65. The van der Waals surface area contributed by atoms with Gasteiger partial charge in [-0.25, -0.2) is 0 Å². The minimum atomic E-state index is -0.517. The summed E-state index contributed by atoms with van der Waals surface area (Å²) in [6, 6.07) is 14.2. The molecule has 0 spiro atoms. The number of nitrogens with one attached hydrogen (secondary N) is 1.